The van der Waals surface area contributed by atoms with E-state index in [1.807, 2.05) is 0 Å². The molecule has 0 aliphatic heterocycles. The second kappa shape index (κ2) is 8.89. The van der Waals surface area contributed by atoms with Crippen LogP contribution in [0.4, 0.5) is 22.0 Å². The lowest BCUT2D eigenvalue weighted by Crippen LogP contribution is -2.23. The lowest BCUT2D eigenvalue weighted by molar-refractivity contribution is -0.137. The average Bonchev–Trinajstić information content (AvgIpc) is 2.77. The molecular weight excluding hydrogens is 467 g/mol. The van der Waals surface area contributed by atoms with Gasteiger partial charge in [-0.15, -0.1) is 0 Å². The first-order valence-corrected chi connectivity index (χ1v) is 10.9. The molecule has 33 heavy (non-hydrogen) atoms. The van der Waals surface area contributed by atoms with Crippen molar-refractivity contribution in [2.24, 2.45) is 0 Å². The van der Waals surface area contributed by atoms with E-state index in [4.69, 9.17) is 0 Å². The molecule has 1 heterocycles. The van der Waals surface area contributed by atoms with Gasteiger partial charge in [-0.25, -0.2) is 8.42 Å². The molecule has 0 spiro atoms. The van der Waals surface area contributed by atoms with Crippen molar-refractivity contribution < 1.29 is 35.2 Å². The van der Waals surface area contributed by atoms with Crippen molar-refractivity contribution in [1.29, 1.82) is 0 Å². The van der Waals surface area contributed by atoms with E-state index in [0.717, 1.165) is 30.5 Å². The molecule has 0 radical (unpaired) electrons. The summed E-state index contributed by atoms with van der Waals surface area (Å²) in [5, 5.41) is 2.52. The highest BCUT2D eigenvalue weighted by Crippen LogP contribution is 2.32. The van der Waals surface area contributed by atoms with Crippen LogP contribution in [0.15, 0.2) is 76.7 Å². The maximum absolute atomic E-state index is 13.4. The largest absolute Gasteiger partial charge is 0.416 e. The molecule has 0 aliphatic rings. The van der Waals surface area contributed by atoms with Gasteiger partial charge < -0.3 is 5.32 Å². The molecule has 1 N–H and O–H groups in total. The monoisotopic (exact) mass is 484 g/mol. The Labute approximate surface area is 186 Å². The van der Waals surface area contributed by atoms with Crippen LogP contribution in [-0.2, 0) is 28.5 Å². The first-order chi connectivity index (χ1) is 15.3. The van der Waals surface area contributed by atoms with Gasteiger partial charge in [0.05, 0.1) is 15.4 Å². The number of nitrogens with one attached hydrogen (secondary N) is 1. The Bertz CT molecular complexity index is 1270. The molecule has 2 aromatic carbocycles. The molecule has 0 saturated heterocycles. The third kappa shape index (κ3) is 5.72. The van der Waals surface area contributed by atoms with Gasteiger partial charge in [0.1, 0.15) is 5.69 Å². The Kier molecular flexibility index (Phi) is 6.55. The summed E-state index contributed by atoms with van der Waals surface area (Å²) in [6.07, 6.45) is -3.59. The van der Waals surface area contributed by atoms with Crippen LogP contribution in [0.5, 0.6) is 0 Å². The van der Waals surface area contributed by atoms with Crippen LogP contribution >= 0.6 is 0 Å². The number of carbonyl (C=O) groups excluding carboxylic acids is 1. The van der Waals surface area contributed by atoms with Gasteiger partial charge in [-0.05, 0) is 48.0 Å². The van der Waals surface area contributed by atoms with Crippen molar-refractivity contribution in [3.63, 3.8) is 0 Å². The van der Waals surface area contributed by atoms with Gasteiger partial charge in [0, 0.05) is 25.2 Å². The first-order valence-electron chi connectivity index (χ1n) is 9.42. The van der Waals surface area contributed by atoms with Crippen LogP contribution in [0.2, 0.25) is 0 Å². The number of rotatable bonds is 6. The molecule has 0 bridgehead atoms. The van der Waals surface area contributed by atoms with E-state index in [2.05, 4.69) is 10.3 Å². The van der Waals surface area contributed by atoms with Crippen LogP contribution in [0.25, 0.3) is 0 Å². The van der Waals surface area contributed by atoms with E-state index in [-0.39, 0.29) is 17.0 Å². The summed E-state index contributed by atoms with van der Waals surface area (Å²) in [4.78, 5) is 15.1. The molecule has 0 saturated carbocycles. The number of aromatic nitrogens is 1. The fraction of sp³-hybridized carbons (Fsp3) is 0.182. The number of sulfone groups is 1. The van der Waals surface area contributed by atoms with Gasteiger partial charge in [0.25, 0.3) is 11.8 Å². The van der Waals surface area contributed by atoms with Crippen molar-refractivity contribution in [2.45, 2.75) is 35.4 Å². The van der Waals surface area contributed by atoms with E-state index in [1.54, 1.807) is 0 Å². The Balaban J connectivity index is 1.73. The zero-order chi connectivity index (χ0) is 24.4. The molecule has 3 aromatic rings. The second-order valence-electron chi connectivity index (χ2n) is 7.17. The lowest BCUT2D eigenvalue weighted by atomic mass is 10.1. The molecule has 1 aromatic heterocycles. The summed E-state index contributed by atoms with van der Waals surface area (Å²) in [5.41, 5.74) is -1.17. The number of hydrogen-bond acceptors (Lipinski definition) is 4. The van der Waals surface area contributed by atoms with Crippen molar-refractivity contribution in [3.8, 4) is 0 Å². The van der Waals surface area contributed by atoms with Crippen molar-refractivity contribution in [1.82, 2.24) is 10.3 Å². The Hall–Kier alpha value is -3.34. The molecule has 11 heteroatoms. The predicted octanol–water partition coefficient (Wildman–Crippen LogP) is 4.97. The first kappa shape index (κ1) is 24.3. The number of alkyl halides is 5. The van der Waals surface area contributed by atoms with Gasteiger partial charge in [0.2, 0.25) is 9.84 Å². The molecule has 1 amide bonds. The smallest absolute Gasteiger partial charge is 0.348 e. The zero-order valence-corrected chi connectivity index (χ0v) is 17.8. The van der Waals surface area contributed by atoms with Crippen LogP contribution in [0, 0.1) is 0 Å². The summed E-state index contributed by atoms with van der Waals surface area (Å²) < 4.78 is 90.8. The van der Waals surface area contributed by atoms with Crippen LogP contribution in [0.3, 0.4) is 0 Å². The second-order valence-corrected chi connectivity index (χ2v) is 9.12. The Morgan fingerprint density at radius 1 is 0.939 bits per heavy atom. The fourth-order valence-corrected chi connectivity index (χ4v) is 4.16. The number of hydrogen-bond donors (Lipinski definition) is 1. The van der Waals surface area contributed by atoms with Gasteiger partial charge in [-0.2, -0.15) is 22.0 Å². The highest BCUT2D eigenvalue weighted by Gasteiger charge is 2.32. The average molecular weight is 484 g/mol. The predicted molar refractivity (Wildman–Crippen MR) is 108 cm³/mol. The molecule has 174 valence electrons. The minimum atomic E-state index is -4.68. The number of nitrogens with zero attached hydrogens (tertiary/aromatic N) is 1. The van der Waals surface area contributed by atoms with E-state index in [9.17, 15) is 35.2 Å². The lowest BCUT2D eigenvalue weighted by Gasteiger charge is -2.11. The third-order valence-corrected chi connectivity index (χ3v) is 6.40. The number of pyridine rings is 1. The SMILES string of the molecule is CC(F)(F)c1cc(C(=O)NCc2ccc(S(=O)(=O)c3cccc(C(F)(F)F)c3)cc2)ccn1. The normalized spacial score (nSPS) is 12.4. The summed E-state index contributed by atoms with van der Waals surface area (Å²) in [6, 6.07) is 10.9. The zero-order valence-electron chi connectivity index (χ0n) is 17.0. The van der Waals surface area contributed by atoms with Crippen molar-refractivity contribution in [2.75, 3.05) is 0 Å². The van der Waals surface area contributed by atoms with E-state index < -0.39 is 44.0 Å². The standard InChI is InChI=1S/C22H17F5N2O3S/c1-21(23,24)19-11-15(9-10-28-19)20(30)29-13-14-5-7-17(8-6-14)33(31,32)18-4-2-3-16(12-18)22(25,26)27/h2-12H,13H2,1H3,(H,29,30). The molecule has 0 aliphatic carbocycles. The fourth-order valence-electron chi connectivity index (χ4n) is 2.86. The van der Waals surface area contributed by atoms with E-state index in [0.29, 0.717) is 18.6 Å². The number of amides is 1. The maximum atomic E-state index is 13.4. The molecule has 0 fully saturated rings. The number of carbonyl (C=O) groups is 1. The summed E-state index contributed by atoms with van der Waals surface area (Å²) in [5.74, 6) is -3.85. The van der Waals surface area contributed by atoms with Crippen molar-refractivity contribution >= 4 is 15.7 Å². The molecular formula is C22H17F5N2O3S. The minimum Gasteiger partial charge on any atom is -0.348 e. The van der Waals surface area contributed by atoms with Crippen molar-refractivity contribution in [3.05, 3.63) is 89.2 Å². The van der Waals surface area contributed by atoms with Crippen LogP contribution in [0.1, 0.15) is 34.1 Å². The van der Waals surface area contributed by atoms with Crippen LogP contribution in [-0.4, -0.2) is 19.3 Å². The van der Waals surface area contributed by atoms with E-state index >= 15 is 0 Å². The van der Waals surface area contributed by atoms with Gasteiger partial charge >= 0.3 is 6.18 Å². The number of benzene rings is 2. The molecule has 0 unspecified atom stereocenters. The van der Waals surface area contributed by atoms with Gasteiger partial charge in [-0.1, -0.05) is 18.2 Å². The summed E-state index contributed by atoms with van der Waals surface area (Å²) in [6.45, 7) is 0.620. The van der Waals surface area contributed by atoms with E-state index in [1.165, 1.54) is 30.3 Å². The summed E-state index contributed by atoms with van der Waals surface area (Å²) in [7, 11) is -4.20. The highest BCUT2D eigenvalue weighted by atomic mass is 32.2. The maximum Gasteiger partial charge on any atom is 0.416 e. The minimum absolute atomic E-state index is 0.0229. The molecule has 3 rings (SSSR count). The third-order valence-electron chi connectivity index (χ3n) is 4.63. The topological polar surface area (TPSA) is 76.1 Å². The number of halogens is 5. The van der Waals surface area contributed by atoms with Gasteiger partial charge in [-0.3, -0.25) is 9.78 Å². The Morgan fingerprint density at radius 3 is 2.21 bits per heavy atom. The summed E-state index contributed by atoms with van der Waals surface area (Å²) >= 11 is 0. The quantitative estimate of drug-likeness (QED) is 0.501. The molecule has 0 atom stereocenters. The molecule has 5 nitrogen and oxygen atoms in total. The van der Waals surface area contributed by atoms with Crippen LogP contribution < -0.4 is 5.32 Å². The Morgan fingerprint density at radius 2 is 1.61 bits per heavy atom. The van der Waals surface area contributed by atoms with Gasteiger partial charge in [0.15, 0.2) is 0 Å². The highest BCUT2D eigenvalue weighted by molar-refractivity contribution is 7.91.